The van der Waals surface area contributed by atoms with Crippen molar-refractivity contribution in [2.75, 3.05) is 11.1 Å². The zero-order valence-corrected chi connectivity index (χ0v) is 16.7. The number of rotatable bonds is 7. The van der Waals surface area contributed by atoms with Crippen molar-refractivity contribution in [1.29, 1.82) is 0 Å². The van der Waals surface area contributed by atoms with Crippen molar-refractivity contribution >= 4 is 29.1 Å². The summed E-state index contributed by atoms with van der Waals surface area (Å²) < 4.78 is 2.00. The Morgan fingerprint density at radius 1 is 1.22 bits per heavy atom. The number of thioether (sulfide) groups is 1. The SMILES string of the molecule is CC(=O)c1cccc(NC(=O)CSc2nnc(CC3CCCCC3)n2C)c1. The molecule has 1 amide bonds. The lowest BCUT2D eigenvalue weighted by Crippen LogP contribution is -2.15. The Morgan fingerprint density at radius 2 is 2.00 bits per heavy atom. The van der Waals surface area contributed by atoms with Crippen LogP contribution in [-0.2, 0) is 18.3 Å². The summed E-state index contributed by atoms with van der Waals surface area (Å²) in [6.45, 7) is 1.51. The molecule has 7 heteroatoms. The van der Waals surface area contributed by atoms with Crippen molar-refractivity contribution in [3.63, 3.8) is 0 Å². The normalized spacial score (nSPS) is 14.9. The van der Waals surface area contributed by atoms with E-state index in [4.69, 9.17) is 0 Å². The summed E-state index contributed by atoms with van der Waals surface area (Å²) in [7, 11) is 1.97. The van der Waals surface area contributed by atoms with Gasteiger partial charge in [0.2, 0.25) is 5.91 Å². The average molecular weight is 387 g/mol. The summed E-state index contributed by atoms with van der Waals surface area (Å²) in [4.78, 5) is 23.7. The number of ketones is 1. The lowest BCUT2D eigenvalue weighted by Gasteiger charge is -2.20. The van der Waals surface area contributed by atoms with Gasteiger partial charge in [-0.1, -0.05) is 56.0 Å². The maximum Gasteiger partial charge on any atom is 0.234 e. The molecule has 1 heterocycles. The molecule has 0 unspecified atom stereocenters. The van der Waals surface area contributed by atoms with Gasteiger partial charge in [0.1, 0.15) is 5.82 Å². The maximum atomic E-state index is 12.2. The number of Topliss-reactive ketones (excluding diaryl/α,β-unsaturated/α-hetero) is 1. The van der Waals surface area contributed by atoms with Crippen molar-refractivity contribution in [3.8, 4) is 0 Å². The minimum Gasteiger partial charge on any atom is -0.325 e. The van der Waals surface area contributed by atoms with Crippen LogP contribution in [0.1, 0.15) is 55.2 Å². The van der Waals surface area contributed by atoms with Gasteiger partial charge in [0.25, 0.3) is 0 Å². The molecule has 0 radical (unpaired) electrons. The number of aromatic nitrogens is 3. The number of benzene rings is 1. The molecule has 2 aromatic rings. The minimum absolute atomic E-state index is 0.0231. The Labute approximate surface area is 164 Å². The molecule has 1 aliphatic rings. The number of nitrogens with zero attached hydrogens (tertiary/aromatic N) is 3. The summed E-state index contributed by atoms with van der Waals surface area (Å²) in [5, 5.41) is 12.2. The first kappa shape index (κ1) is 19.6. The Balaban J connectivity index is 1.53. The first-order chi connectivity index (χ1) is 13.0. The summed E-state index contributed by atoms with van der Waals surface area (Å²) in [6, 6.07) is 6.97. The van der Waals surface area contributed by atoms with E-state index in [1.807, 2.05) is 11.6 Å². The highest BCUT2D eigenvalue weighted by atomic mass is 32.2. The van der Waals surface area contributed by atoms with Gasteiger partial charge in [-0.2, -0.15) is 0 Å². The van der Waals surface area contributed by atoms with E-state index in [0.717, 1.165) is 17.4 Å². The van der Waals surface area contributed by atoms with E-state index in [9.17, 15) is 9.59 Å². The zero-order chi connectivity index (χ0) is 19.2. The van der Waals surface area contributed by atoms with Gasteiger partial charge in [0, 0.05) is 24.7 Å². The molecule has 0 spiro atoms. The van der Waals surface area contributed by atoms with Crippen LogP contribution in [0.15, 0.2) is 29.4 Å². The van der Waals surface area contributed by atoms with Crippen LogP contribution in [0, 0.1) is 5.92 Å². The predicted octanol–water partition coefficient (Wildman–Crippen LogP) is 3.87. The monoisotopic (exact) mass is 386 g/mol. The Morgan fingerprint density at radius 3 is 2.74 bits per heavy atom. The summed E-state index contributed by atoms with van der Waals surface area (Å²) in [5.41, 5.74) is 1.21. The van der Waals surface area contributed by atoms with Crippen LogP contribution in [0.4, 0.5) is 5.69 Å². The number of carbonyl (C=O) groups excluding carboxylic acids is 2. The molecule has 1 fully saturated rings. The van der Waals surface area contributed by atoms with Gasteiger partial charge < -0.3 is 9.88 Å². The predicted molar refractivity (Wildman–Crippen MR) is 107 cm³/mol. The van der Waals surface area contributed by atoms with E-state index >= 15 is 0 Å². The quantitative estimate of drug-likeness (QED) is 0.577. The van der Waals surface area contributed by atoms with Crippen LogP contribution in [0.3, 0.4) is 0 Å². The smallest absolute Gasteiger partial charge is 0.234 e. The lowest BCUT2D eigenvalue weighted by molar-refractivity contribution is -0.113. The van der Waals surface area contributed by atoms with Crippen LogP contribution in [0.5, 0.6) is 0 Å². The van der Waals surface area contributed by atoms with Crippen LogP contribution in [-0.4, -0.2) is 32.2 Å². The van der Waals surface area contributed by atoms with Crippen molar-refractivity contribution in [1.82, 2.24) is 14.8 Å². The molecule has 0 saturated heterocycles. The third kappa shape index (κ3) is 5.42. The highest BCUT2D eigenvalue weighted by Gasteiger charge is 2.18. The summed E-state index contributed by atoms with van der Waals surface area (Å²) in [5.74, 6) is 1.80. The third-order valence-corrected chi connectivity index (χ3v) is 6.03. The van der Waals surface area contributed by atoms with E-state index in [1.54, 1.807) is 24.3 Å². The highest BCUT2D eigenvalue weighted by Crippen LogP contribution is 2.27. The standard InChI is InChI=1S/C20H26N4O2S/c1-14(25)16-9-6-10-17(12-16)21-19(26)13-27-20-23-22-18(24(20)2)11-15-7-4-3-5-8-15/h6,9-10,12,15H,3-5,7-8,11,13H2,1-2H3,(H,21,26). The fourth-order valence-electron chi connectivity index (χ4n) is 3.44. The molecule has 6 nitrogen and oxygen atoms in total. The lowest BCUT2D eigenvalue weighted by atomic mass is 9.87. The van der Waals surface area contributed by atoms with Gasteiger partial charge in [-0.3, -0.25) is 9.59 Å². The fraction of sp³-hybridized carbons (Fsp3) is 0.500. The number of nitrogens with one attached hydrogen (secondary N) is 1. The third-order valence-electron chi connectivity index (χ3n) is 5.01. The molecule has 3 rings (SSSR count). The number of anilines is 1. The zero-order valence-electron chi connectivity index (χ0n) is 15.9. The van der Waals surface area contributed by atoms with Crippen molar-refractivity contribution in [3.05, 3.63) is 35.7 Å². The number of carbonyl (C=O) groups is 2. The molecule has 1 aromatic heterocycles. The maximum absolute atomic E-state index is 12.2. The molecule has 0 aliphatic heterocycles. The van der Waals surface area contributed by atoms with Crippen LogP contribution < -0.4 is 5.32 Å². The van der Waals surface area contributed by atoms with E-state index in [1.165, 1.54) is 50.8 Å². The van der Waals surface area contributed by atoms with Crippen LogP contribution in [0.25, 0.3) is 0 Å². The summed E-state index contributed by atoms with van der Waals surface area (Å²) >= 11 is 1.38. The average Bonchev–Trinajstić information content (AvgIpc) is 3.01. The van der Waals surface area contributed by atoms with E-state index in [-0.39, 0.29) is 17.4 Å². The largest absolute Gasteiger partial charge is 0.325 e. The highest BCUT2D eigenvalue weighted by molar-refractivity contribution is 7.99. The number of hydrogen-bond donors (Lipinski definition) is 1. The first-order valence-corrected chi connectivity index (χ1v) is 10.4. The topological polar surface area (TPSA) is 76.9 Å². The van der Waals surface area contributed by atoms with E-state index < -0.39 is 0 Å². The molecule has 1 saturated carbocycles. The molecule has 0 atom stereocenters. The number of hydrogen-bond acceptors (Lipinski definition) is 5. The van der Waals surface area contributed by atoms with Gasteiger partial charge in [0.15, 0.2) is 10.9 Å². The molecular formula is C20H26N4O2S. The molecule has 1 aliphatic carbocycles. The Bertz CT molecular complexity index is 812. The van der Waals surface area contributed by atoms with Crippen LogP contribution in [0.2, 0.25) is 0 Å². The van der Waals surface area contributed by atoms with Crippen molar-refractivity contribution in [2.45, 2.75) is 50.6 Å². The first-order valence-electron chi connectivity index (χ1n) is 9.45. The van der Waals surface area contributed by atoms with Gasteiger partial charge in [-0.05, 0) is 25.0 Å². The van der Waals surface area contributed by atoms with Crippen molar-refractivity contribution < 1.29 is 9.59 Å². The van der Waals surface area contributed by atoms with Crippen molar-refractivity contribution in [2.24, 2.45) is 13.0 Å². The Kier molecular flexibility index (Phi) is 6.66. The minimum atomic E-state index is -0.127. The van der Waals surface area contributed by atoms with E-state index in [2.05, 4.69) is 15.5 Å². The molecule has 144 valence electrons. The second-order valence-electron chi connectivity index (χ2n) is 7.14. The number of amides is 1. The van der Waals surface area contributed by atoms with Gasteiger partial charge >= 0.3 is 0 Å². The van der Waals surface area contributed by atoms with Gasteiger partial charge in [0.05, 0.1) is 5.75 Å². The second-order valence-corrected chi connectivity index (χ2v) is 8.08. The van der Waals surface area contributed by atoms with Gasteiger partial charge in [-0.15, -0.1) is 10.2 Å². The second kappa shape index (κ2) is 9.17. The summed E-state index contributed by atoms with van der Waals surface area (Å²) in [6.07, 6.45) is 7.49. The van der Waals surface area contributed by atoms with Gasteiger partial charge in [-0.25, -0.2) is 0 Å². The molecule has 1 N–H and O–H groups in total. The molecule has 0 bridgehead atoms. The fourth-order valence-corrected chi connectivity index (χ4v) is 4.17. The van der Waals surface area contributed by atoms with E-state index in [0.29, 0.717) is 17.2 Å². The van der Waals surface area contributed by atoms with Crippen LogP contribution >= 0.6 is 11.8 Å². The molecular weight excluding hydrogens is 360 g/mol. The molecule has 1 aromatic carbocycles. The Hall–Kier alpha value is -2.15. The molecule has 27 heavy (non-hydrogen) atoms.